The van der Waals surface area contributed by atoms with Crippen molar-refractivity contribution in [1.29, 1.82) is 0 Å². The molecule has 0 N–H and O–H groups in total. The first-order valence-electron chi connectivity index (χ1n) is 12.8. The van der Waals surface area contributed by atoms with Gasteiger partial charge in [-0.05, 0) is 78.0 Å². The highest BCUT2D eigenvalue weighted by atomic mass is 31.2. The molecule has 0 heterocycles. The van der Waals surface area contributed by atoms with Crippen molar-refractivity contribution >= 4 is 7.60 Å². The third-order valence-electron chi connectivity index (χ3n) is 5.60. The predicted octanol–water partition coefficient (Wildman–Crippen LogP) is 7.86. The van der Waals surface area contributed by atoms with Crippen LogP contribution in [0.3, 0.4) is 0 Å². The summed E-state index contributed by atoms with van der Waals surface area (Å²) in [4.78, 5) is 6.58. The average Bonchev–Trinajstić information content (AvgIpc) is 2.78. The quantitative estimate of drug-likeness (QED) is 0.184. The molecule has 0 spiro atoms. The van der Waals surface area contributed by atoms with E-state index in [4.69, 9.17) is 18.6 Å². The lowest BCUT2D eigenvalue weighted by Gasteiger charge is -2.49. The summed E-state index contributed by atoms with van der Waals surface area (Å²) >= 11 is 0. The SMILES string of the molecule is CCOC.CCOc1ccc(C(C)ON(C(C(C)(C)C)P(=O)(OCC)OCC)C(C)(C)CC)cc1. The molecule has 0 fully saturated rings. The van der Waals surface area contributed by atoms with Gasteiger partial charge in [0.05, 0.1) is 19.8 Å². The molecule has 0 aliphatic carbocycles. The zero-order valence-corrected chi connectivity index (χ0v) is 25.2. The second-order valence-electron chi connectivity index (χ2n) is 9.93. The summed E-state index contributed by atoms with van der Waals surface area (Å²) in [6.07, 6.45) is 0.538. The maximum absolute atomic E-state index is 14.0. The minimum Gasteiger partial charge on any atom is -0.494 e. The lowest BCUT2D eigenvalue weighted by atomic mass is 9.92. The van der Waals surface area contributed by atoms with Crippen LogP contribution in [-0.4, -0.2) is 49.9 Å². The van der Waals surface area contributed by atoms with Crippen molar-refractivity contribution < 1.29 is 27.9 Å². The lowest BCUT2D eigenvalue weighted by molar-refractivity contribution is -0.269. The van der Waals surface area contributed by atoms with Gasteiger partial charge in [0.1, 0.15) is 17.6 Å². The minimum absolute atomic E-state index is 0.261. The van der Waals surface area contributed by atoms with Crippen LogP contribution in [0.25, 0.3) is 0 Å². The highest BCUT2D eigenvalue weighted by Gasteiger charge is 2.52. The van der Waals surface area contributed by atoms with E-state index in [1.165, 1.54) is 0 Å². The molecule has 7 nitrogen and oxygen atoms in total. The molecule has 1 aromatic carbocycles. The summed E-state index contributed by atoms with van der Waals surface area (Å²) in [6.45, 7) is 24.1. The van der Waals surface area contributed by atoms with Crippen LogP contribution in [0.5, 0.6) is 5.75 Å². The molecule has 1 aromatic rings. The second kappa shape index (κ2) is 16.0. The van der Waals surface area contributed by atoms with Gasteiger partial charge in [-0.1, -0.05) is 39.8 Å². The molecular formula is C27H52NO6P. The third kappa shape index (κ3) is 10.9. The molecule has 1 rings (SSSR count). The number of benzene rings is 1. The third-order valence-corrected chi connectivity index (χ3v) is 8.42. The number of ether oxygens (including phenoxy) is 2. The zero-order chi connectivity index (χ0) is 27.3. The highest BCUT2D eigenvalue weighted by Crippen LogP contribution is 2.61. The molecule has 0 saturated carbocycles. The van der Waals surface area contributed by atoms with Crippen LogP contribution in [0.2, 0.25) is 0 Å². The summed E-state index contributed by atoms with van der Waals surface area (Å²) in [5, 5.41) is 1.88. The van der Waals surface area contributed by atoms with E-state index in [0.29, 0.717) is 19.8 Å². The molecule has 0 aliphatic rings. The first-order chi connectivity index (χ1) is 16.3. The van der Waals surface area contributed by atoms with Crippen molar-refractivity contribution in [2.75, 3.05) is 33.5 Å². The van der Waals surface area contributed by atoms with Crippen molar-refractivity contribution in [3.8, 4) is 5.75 Å². The number of nitrogens with zero attached hydrogens (tertiary/aromatic N) is 1. The molecule has 2 atom stereocenters. The molecular weight excluding hydrogens is 465 g/mol. The Morgan fingerprint density at radius 3 is 1.69 bits per heavy atom. The Morgan fingerprint density at radius 2 is 1.34 bits per heavy atom. The van der Waals surface area contributed by atoms with Crippen LogP contribution in [0, 0.1) is 5.41 Å². The van der Waals surface area contributed by atoms with Gasteiger partial charge >= 0.3 is 7.60 Å². The summed E-state index contributed by atoms with van der Waals surface area (Å²) in [7, 11) is -1.82. The maximum Gasteiger partial charge on any atom is 0.350 e. The lowest BCUT2D eigenvalue weighted by Crippen LogP contribution is -2.54. The minimum atomic E-state index is -3.50. The number of methoxy groups -OCH3 is 1. The molecule has 0 bridgehead atoms. The van der Waals surface area contributed by atoms with Gasteiger partial charge in [-0.3, -0.25) is 9.40 Å². The molecule has 0 aliphatic heterocycles. The Balaban J connectivity index is 0.00000267. The second-order valence-corrected chi connectivity index (χ2v) is 12.0. The number of hydrogen-bond acceptors (Lipinski definition) is 7. The first-order valence-corrected chi connectivity index (χ1v) is 14.5. The first kappa shape index (κ1) is 34.0. The monoisotopic (exact) mass is 517 g/mol. The summed E-state index contributed by atoms with van der Waals surface area (Å²) in [5.41, 5.74) is 0.183. The highest BCUT2D eigenvalue weighted by molar-refractivity contribution is 7.54. The predicted molar refractivity (Wildman–Crippen MR) is 145 cm³/mol. The summed E-state index contributed by atoms with van der Waals surface area (Å²) < 4.78 is 35.7. The standard InChI is InChI=1S/C24H44NO5P.C3H8O/c1-11-24(9,10)25(22(23(6,7)8)31(26,28-13-3)29-14-4)30-19(5)20-15-17-21(18-16-20)27-12-2;1-3-4-2/h15-19,22H,11-14H2,1-10H3;3H2,1-2H3. The van der Waals surface area contributed by atoms with E-state index in [9.17, 15) is 4.57 Å². The van der Waals surface area contributed by atoms with Crippen LogP contribution in [0.1, 0.15) is 94.2 Å². The molecule has 0 amide bonds. The number of hydroxylamine groups is 2. The van der Waals surface area contributed by atoms with E-state index < -0.39 is 24.3 Å². The van der Waals surface area contributed by atoms with Crippen molar-refractivity contribution in [2.45, 2.75) is 100 Å². The molecule has 206 valence electrons. The van der Waals surface area contributed by atoms with Gasteiger partial charge < -0.3 is 18.5 Å². The van der Waals surface area contributed by atoms with E-state index in [1.54, 1.807) is 7.11 Å². The van der Waals surface area contributed by atoms with Gasteiger partial charge in [-0.2, -0.15) is 5.06 Å². The van der Waals surface area contributed by atoms with Crippen LogP contribution >= 0.6 is 7.60 Å². The van der Waals surface area contributed by atoms with E-state index in [1.807, 2.05) is 84.7 Å². The summed E-state index contributed by atoms with van der Waals surface area (Å²) in [6, 6.07) is 7.90. The fourth-order valence-electron chi connectivity index (χ4n) is 3.41. The Bertz CT molecular complexity index is 720. The van der Waals surface area contributed by atoms with Gasteiger partial charge in [0.15, 0.2) is 0 Å². The molecule has 0 radical (unpaired) electrons. The molecule has 8 heteroatoms. The van der Waals surface area contributed by atoms with Gasteiger partial charge in [-0.15, -0.1) is 0 Å². The largest absolute Gasteiger partial charge is 0.494 e. The Labute approximate surface area is 215 Å². The number of rotatable bonds is 14. The Hall–Kier alpha value is -0.950. The van der Waals surface area contributed by atoms with E-state index in [2.05, 4.69) is 25.5 Å². The van der Waals surface area contributed by atoms with Crippen molar-refractivity contribution in [3.63, 3.8) is 0 Å². The molecule has 2 unspecified atom stereocenters. The molecule has 0 saturated heterocycles. The van der Waals surface area contributed by atoms with Crippen LogP contribution < -0.4 is 4.74 Å². The average molecular weight is 518 g/mol. The van der Waals surface area contributed by atoms with E-state index in [-0.39, 0.29) is 6.10 Å². The fourth-order valence-corrected chi connectivity index (χ4v) is 6.06. The van der Waals surface area contributed by atoms with Gasteiger partial charge in [0, 0.05) is 19.3 Å². The van der Waals surface area contributed by atoms with Crippen molar-refractivity contribution in [2.24, 2.45) is 5.41 Å². The van der Waals surface area contributed by atoms with Crippen LogP contribution in [-0.2, 0) is 23.2 Å². The maximum atomic E-state index is 14.0. The molecule has 35 heavy (non-hydrogen) atoms. The smallest absolute Gasteiger partial charge is 0.350 e. The van der Waals surface area contributed by atoms with Gasteiger partial charge in [0.25, 0.3) is 0 Å². The van der Waals surface area contributed by atoms with Crippen molar-refractivity contribution in [1.82, 2.24) is 5.06 Å². The normalized spacial score (nSPS) is 14.3. The Morgan fingerprint density at radius 1 is 0.857 bits per heavy atom. The zero-order valence-electron chi connectivity index (χ0n) is 24.3. The van der Waals surface area contributed by atoms with E-state index in [0.717, 1.165) is 24.3 Å². The van der Waals surface area contributed by atoms with Gasteiger partial charge in [0.2, 0.25) is 0 Å². The summed E-state index contributed by atoms with van der Waals surface area (Å²) in [5.74, 6) is 0.244. The topological polar surface area (TPSA) is 66.5 Å². The van der Waals surface area contributed by atoms with Crippen LogP contribution in [0.4, 0.5) is 0 Å². The van der Waals surface area contributed by atoms with E-state index >= 15 is 0 Å². The van der Waals surface area contributed by atoms with Crippen LogP contribution in [0.15, 0.2) is 24.3 Å². The van der Waals surface area contributed by atoms with Crippen molar-refractivity contribution in [3.05, 3.63) is 29.8 Å². The van der Waals surface area contributed by atoms with Gasteiger partial charge in [-0.25, -0.2) is 0 Å². The molecule has 0 aromatic heterocycles. The Kier molecular flexibility index (Phi) is 15.6. The number of hydrogen-bond donors (Lipinski definition) is 0. The fraction of sp³-hybridized carbons (Fsp3) is 0.778.